The zero-order valence-corrected chi connectivity index (χ0v) is 10.3. The second kappa shape index (κ2) is 5.35. The fraction of sp³-hybridized carbons (Fsp3) is 0.231. The number of anilines is 1. The van der Waals surface area contributed by atoms with E-state index in [-0.39, 0.29) is 0 Å². The third-order valence-corrected chi connectivity index (χ3v) is 2.40. The minimum Gasteiger partial charge on any atom is -0.410 e. The van der Waals surface area contributed by atoms with Crippen LogP contribution in [0.15, 0.2) is 36.4 Å². The average molecular weight is 245 g/mol. The van der Waals surface area contributed by atoms with Gasteiger partial charge in [0.05, 0.1) is 0 Å². The zero-order chi connectivity index (χ0) is 13.0. The number of hydrogen-bond donors (Lipinski definition) is 2. The summed E-state index contributed by atoms with van der Waals surface area (Å²) in [6, 6.07) is 10.7. The highest BCUT2D eigenvalue weighted by molar-refractivity contribution is 5.85. The summed E-state index contributed by atoms with van der Waals surface area (Å²) in [5, 5.41) is 9.40. The number of hydrogen-bond acceptors (Lipinski definition) is 3. The van der Waals surface area contributed by atoms with Crippen LogP contribution in [-0.2, 0) is 0 Å². The Hall–Kier alpha value is -2.30. The maximum atomic E-state index is 11.6. The first-order valence-corrected chi connectivity index (χ1v) is 5.74. The molecule has 0 fully saturated rings. The Morgan fingerprint density at radius 3 is 2.67 bits per heavy atom. The minimum absolute atomic E-state index is 0.332. The summed E-state index contributed by atoms with van der Waals surface area (Å²) in [5.74, 6) is 1.28. The van der Waals surface area contributed by atoms with E-state index in [4.69, 9.17) is 4.74 Å². The van der Waals surface area contributed by atoms with Crippen molar-refractivity contribution in [2.24, 2.45) is 0 Å². The van der Waals surface area contributed by atoms with Gasteiger partial charge < -0.3 is 4.74 Å². The van der Waals surface area contributed by atoms with E-state index in [1.807, 2.05) is 19.9 Å². The predicted octanol–water partition coefficient (Wildman–Crippen LogP) is 3.14. The molecule has 0 radical (unpaired) electrons. The van der Waals surface area contributed by atoms with E-state index in [0.717, 1.165) is 5.69 Å². The highest BCUT2D eigenvalue weighted by atomic mass is 16.6. The van der Waals surface area contributed by atoms with Gasteiger partial charge in [-0.05, 0) is 18.1 Å². The van der Waals surface area contributed by atoms with Crippen molar-refractivity contribution in [1.29, 1.82) is 0 Å². The summed E-state index contributed by atoms with van der Waals surface area (Å²) in [5.41, 5.74) is 0.963. The van der Waals surface area contributed by atoms with Crippen LogP contribution in [0.4, 0.5) is 10.6 Å². The van der Waals surface area contributed by atoms with Crippen LogP contribution >= 0.6 is 0 Å². The molecule has 2 aromatic rings. The van der Waals surface area contributed by atoms with E-state index in [2.05, 4.69) is 15.5 Å². The van der Waals surface area contributed by atoms with Crippen LogP contribution in [0.25, 0.3) is 0 Å². The third-order valence-electron chi connectivity index (χ3n) is 2.40. The second-order valence-corrected chi connectivity index (χ2v) is 4.19. The number of amides is 1. The molecule has 0 saturated heterocycles. The molecule has 1 aromatic heterocycles. The number of aromatic nitrogens is 2. The molecule has 0 unspecified atom stereocenters. The van der Waals surface area contributed by atoms with E-state index in [0.29, 0.717) is 17.5 Å². The number of benzene rings is 1. The lowest BCUT2D eigenvalue weighted by Gasteiger charge is -2.03. The molecule has 0 aliphatic carbocycles. The molecule has 94 valence electrons. The lowest BCUT2D eigenvalue weighted by molar-refractivity contribution is 0.215. The molecule has 0 bridgehead atoms. The van der Waals surface area contributed by atoms with Crippen molar-refractivity contribution in [3.63, 3.8) is 0 Å². The van der Waals surface area contributed by atoms with Crippen molar-refractivity contribution in [2.45, 2.75) is 19.8 Å². The maximum Gasteiger partial charge on any atom is 0.418 e. The van der Waals surface area contributed by atoms with Crippen molar-refractivity contribution >= 4 is 11.9 Å². The number of carbonyl (C=O) groups is 1. The number of para-hydroxylation sites is 1. The van der Waals surface area contributed by atoms with Crippen molar-refractivity contribution < 1.29 is 9.53 Å². The Kier molecular flexibility index (Phi) is 3.62. The number of ether oxygens (including phenoxy) is 1. The van der Waals surface area contributed by atoms with E-state index in [9.17, 15) is 4.79 Å². The fourth-order valence-electron chi connectivity index (χ4n) is 1.42. The summed E-state index contributed by atoms with van der Waals surface area (Å²) in [6.45, 7) is 4.08. The van der Waals surface area contributed by atoms with Crippen LogP contribution in [0.2, 0.25) is 0 Å². The summed E-state index contributed by atoms with van der Waals surface area (Å²) in [6.07, 6.45) is -0.553. The Morgan fingerprint density at radius 2 is 2.06 bits per heavy atom. The highest BCUT2D eigenvalue weighted by Crippen LogP contribution is 2.15. The second-order valence-electron chi connectivity index (χ2n) is 4.19. The molecule has 1 aromatic carbocycles. The van der Waals surface area contributed by atoms with Crippen molar-refractivity contribution in [2.75, 3.05) is 5.32 Å². The summed E-state index contributed by atoms with van der Waals surface area (Å²) in [4.78, 5) is 11.6. The lowest BCUT2D eigenvalue weighted by atomic mass is 10.1. The van der Waals surface area contributed by atoms with Crippen LogP contribution in [0, 0.1) is 0 Å². The van der Waals surface area contributed by atoms with E-state index in [1.165, 1.54) is 0 Å². The number of rotatable bonds is 3. The van der Waals surface area contributed by atoms with Crippen molar-refractivity contribution in [1.82, 2.24) is 10.2 Å². The molecule has 2 N–H and O–H groups in total. The molecule has 0 saturated carbocycles. The van der Waals surface area contributed by atoms with Crippen LogP contribution in [-0.4, -0.2) is 16.3 Å². The maximum absolute atomic E-state index is 11.6. The number of nitrogens with zero attached hydrogens (tertiary/aromatic N) is 1. The van der Waals surface area contributed by atoms with Gasteiger partial charge in [0, 0.05) is 11.8 Å². The third kappa shape index (κ3) is 3.10. The molecule has 18 heavy (non-hydrogen) atoms. The monoisotopic (exact) mass is 245 g/mol. The molecule has 0 aliphatic rings. The van der Waals surface area contributed by atoms with Gasteiger partial charge in [0.15, 0.2) is 5.82 Å². The summed E-state index contributed by atoms with van der Waals surface area (Å²) in [7, 11) is 0. The van der Waals surface area contributed by atoms with Crippen LogP contribution in [0.1, 0.15) is 25.5 Å². The topological polar surface area (TPSA) is 67.0 Å². The quantitative estimate of drug-likeness (QED) is 0.872. The molecule has 0 atom stereocenters. The SMILES string of the molecule is CC(C)c1cc(NC(=O)Oc2ccccc2)n[nH]1. The van der Waals surface area contributed by atoms with Gasteiger partial charge in [0.25, 0.3) is 0 Å². The zero-order valence-electron chi connectivity index (χ0n) is 10.3. The van der Waals surface area contributed by atoms with Gasteiger partial charge in [-0.3, -0.25) is 10.4 Å². The Bertz CT molecular complexity index is 520. The first-order chi connectivity index (χ1) is 8.65. The van der Waals surface area contributed by atoms with Gasteiger partial charge in [0.1, 0.15) is 5.75 Å². The molecule has 1 amide bonds. The Morgan fingerprint density at radius 1 is 1.33 bits per heavy atom. The molecule has 5 nitrogen and oxygen atoms in total. The first kappa shape index (κ1) is 12.2. The Balaban J connectivity index is 1.95. The van der Waals surface area contributed by atoms with Gasteiger partial charge in [0.2, 0.25) is 0 Å². The first-order valence-electron chi connectivity index (χ1n) is 5.74. The molecule has 0 aliphatic heterocycles. The average Bonchev–Trinajstić information content (AvgIpc) is 2.78. The van der Waals surface area contributed by atoms with E-state index >= 15 is 0 Å². The standard InChI is InChI=1S/C13H15N3O2/c1-9(2)11-8-12(16-15-11)14-13(17)18-10-6-4-3-5-7-10/h3-9H,1-2H3,(H2,14,15,16,17). The van der Waals surface area contributed by atoms with Crippen LogP contribution < -0.4 is 10.1 Å². The highest BCUT2D eigenvalue weighted by Gasteiger charge is 2.09. The normalized spacial score (nSPS) is 10.4. The van der Waals surface area contributed by atoms with E-state index < -0.39 is 6.09 Å². The van der Waals surface area contributed by atoms with Gasteiger partial charge >= 0.3 is 6.09 Å². The largest absolute Gasteiger partial charge is 0.418 e. The van der Waals surface area contributed by atoms with Crippen LogP contribution in [0.3, 0.4) is 0 Å². The van der Waals surface area contributed by atoms with Gasteiger partial charge in [-0.1, -0.05) is 32.0 Å². The van der Waals surface area contributed by atoms with E-state index in [1.54, 1.807) is 30.3 Å². The predicted molar refractivity (Wildman–Crippen MR) is 68.8 cm³/mol. The van der Waals surface area contributed by atoms with Crippen molar-refractivity contribution in [3.05, 3.63) is 42.1 Å². The summed E-state index contributed by atoms with van der Waals surface area (Å²) < 4.78 is 5.08. The van der Waals surface area contributed by atoms with Crippen molar-refractivity contribution in [3.8, 4) is 5.75 Å². The Labute approximate surface area is 105 Å². The number of aromatic amines is 1. The molecule has 1 heterocycles. The molecular formula is C13H15N3O2. The fourth-order valence-corrected chi connectivity index (χ4v) is 1.42. The number of nitrogens with one attached hydrogen (secondary N) is 2. The van der Waals surface area contributed by atoms with Gasteiger partial charge in [-0.25, -0.2) is 4.79 Å². The van der Waals surface area contributed by atoms with Gasteiger partial charge in [-0.2, -0.15) is 5.10 Å². The smallest absolute Gasteiger partial charge is 0.410 e. The number of carbonyl (C=O) groups excluding carboxylic acids is 1. The molecule has 0 spiro atoms. The van der Waals surface area contributed by atoms with Crippen LogP contribution in [0.5, 0.6) is 5.75 Å². The molecular weight excluding hydrogens is 230 g/mol. The number of H-pyrrole nitrogens is 1. The van der Waals surface area contributed by atoms with Gasteiger partial charge in [-0.15, -0.1) is 0 Å². The molecule has 2 rings (SSSR count). The minimum atomic E-state index is -0.553. The lowest BCUT2D eigenvalue weighted by Crippen LogP contribution is -2.16. The molecule has 5 heteroatoms. The summed E-state index contributed by atoms with van der Waals surface area (Å²) >= 11 is 0.